The molecule has 0 aliphatic rings. The number of benzene rings is 2. The Morgan fingerprint density at radius 3 is 2.41 bits per heavy atom. The first-order valence-electron chi connectivity index (χ1n) is 5.94. The number of rotatable bonds is 3. The average Bonchev–Trinajstić information content (AvgIpc) is 2.41. The van der Waals surface area contributed by atoms with Crippen LogP contribution in [0.1, 0.15) is 10.4 Å². The third-order valence-electron chi connectivity index (χ3n) is 2.77. The third kappa shape index (κ3) is 3.61. The lowest BCUT2D eigenvalue weighted by Crippen LogP contribution is -2.14. The van der Waals surface area contributed by atoms with Crippen molar-refractivity contribution >= 4 is 33.0 Å². The van der Waals surface area contributed by atoms with Gasteiger partial charge in [0.15, 0.2) is 9.84 Å². The summed E-state index contributed by atoms with van der Waals surface area (Å²) >= 11 is 5.78. The van der Waals surface area contributed by atoms with E-state index in [2.05, 4.69) is 5.32 Å². The van der Waals surface area contributed by atoms with E-state index in [1.165, 1.54) is 12.1 Å². The van der Waals surface area contributed by atoms with Gasteiger partial charge in [-0.25, -0.2) is 17.2 Å². The molecule has 0 spiro atoms. The van der Waals surface area contributed by atoms with Crippen LogP contribution in [0.25, 0.3) is 0 Å². The fourth-order valence-electron chi connectivity index (χ4n) is 1.71. The lowest BCUT2D eigenvalue weighted by Gasteiger charge is -2.08. The van der Waals surface area contributed by atoms with Crippen LogP contribution in [-0.4, -0.2) is 20.6 Å². The number of hydrogen-bond donors (Lipinski definition) is 1. The van der Waals surface area contributed by atoms with Crippen molar-refractivity contribution < 1.29 is 22.0 Å². The number of amides is 1. The Labute approximate surface area is 130 Å². The molecule has 2 aromatic rings. The van der Waals surface area contributed by atoms with Crippen LogP contribution in [-0.2, 0) is 9.84 Å². The minimum atomic E-state index is -3.61. The summed E-state index contributed by atoms with van der Waals surface area (Å²) in [5.74, 6) is -2.46. The zero-order chi connectivity index (χ0) is 16.5. The van der Waals surface area contributed by atoms with Gasteiger partial charge >= 0.3 is 0 Å². The summed E-state index contributed by atoms with van der Waals surface area (Å²) < 4.78 is 49.4. The molecule has 1 amide bonds. The first kappa shape index (κ1) is 16.4. The molecular formula is C14H10ClF2NO3S. The highest BCUT2D eigenvalue weighted by molar-refractivity contribution is 7.90. The molecule has 0 bridgehead atoms. The lowest BCUT2D eigenvalue weighted by molar-refractivity contribution is 0.102. The van der Waals surface area contributed by atoms with Crippen molar-refractivity contribution in [1.82, 2.24) is 0 Å². The second-order valence-corrected chi connectivity index (χ2v) is 6.89. The number of sulfone groups is 1. The van der Waals surface area contributed by atoms with Gasteiger partial charge in [0, 0.05) is 17.9 Å². The van der Waals surface area contributed by atoms with Crippen molar-refractivity contribution in [2.45, 2.75) is 4.90 Å². The van der Waals surface area contributed by atoms with Crippen molar-refractivity contribution in [2.24, 2.45) is 0 Å². The zero-order valence-electron chi connectivity index (χ0n) is 11.2. The van der Waals surface area contributed by atoms with Gasteiger partial charge < -0.3 is 5.32 Å². The Morgan fingerprint density at radius 2 is 1.82 bits per heavy atom. The molecule has 0 aliphatic heterocycles. The minimum Gasteiger partial charge on any atom is -0.319 e. The highest BCUT2D eigenvalue weighted by Gasteiger charge is 2.16. The molecule has 0 fully saturated rings. The van der Waals surface area contributed by atoms with Crippen molar-refractivity contribution in [1.29, 1.82) is 0 Å². The summed E-state index contributed by atoms with van der Waals surface area (Å²) in [5.41, 5.74) is -0.240. The highest BCUT2D eigenvalue weighted by atomic mass is 35.5. The van der Waals surface area contributed by atoms with Gasteiger partial charge in [-0.2, -0.15) is 0 Å². The van der Waals surface area contributed by atoms with Crippen LogP contribution in [0.2, 0.25) is 5.02 Å². The van der Waals surface area contributed by atoms with Crippen molar-refractivity contribution in [3.63, 3.8) is 0 Å². The van der Waals surface area contributed by atoms with E-state index >= 15 is 0 Å². The lowest BCUT2D eigenvalue weighted by atomic mass is 10.2. The average molecular weight is 346 g/mol. The molecule has 8 heteroatoms. The van der Waals surface area contributed by atoms with Crippen molar-refractivity contribution in [3.05, 3.63) is 58.6 Å². The van der Waals surface area contributed by atoms with Crippen LogP contribution in [0, 0.1) is 11.6 Å². The molecule has 2 aromatic carbocycles. The van der Waals surface area contributed by atoms with Crippen molar-refractivity contribution in [2.75, 3.05) is 11.6 Å². The van der Waals surface area contributed by atoms with E-state index in [1.807, 2.05) is 0 Å². The largest absolute Gasteiger partial charge is 0.319 e. The second kappa shape index (κ2) is 6.02. The van der Waals surface area contributed by atoms with E-state index in [0.717, 1.165) is 24.5 Å². The van der Waals surface area contributed by atoms with E-state index in [9.17, 15) is 22.0 Å². The number of carbonyl (C=O) groups is 1. The third-order valence-corrected chi connectivity index (χ3v) is 4.35. The molecule has 0 unspecified atom stereocenters. The van der Waals surface area contributed by atoms with Crippen molar-refractivity contribution in [3.8, 4) is 0 Å². The van der Waals surface area contributed by atoms with Crippen LogP contribution in [0.3, 0.4) is 0 Å². The molecule has 0 atom stereocenters. The van der Waals surface area contributed by atoms with Crippen LogP contribution < -0.4 is 5.32 Å². The molecule has 0 saturated heterocycles. The maximum atomic E-state index is 13.5. The van der Waals surface area contributed by atoms with Gasteiger partial charge in [0.05, 0.1) is 15.6 Å². The van der Waals surface area contributed by atoms with Gasteiger partial charge in [-0.05, 0) is 30.3 Å². The fraction of sp³-hybridized carbons (Fsp3) is 0.0714. The Hall–Kier alpha value is -1.99. The predicted molar refractivity (Wildman–Crippen MR) is 78.9 cm³/mol. The molecule has 0 radical (unpaired) electrons. The molecule has 1 N–H and O–H groups in total. The topological polar surface area (TPSA) is 63.2 Å². The van der Waals surface area contributed by atoms with Gasteiger partial charge in [0.1, 0.15) is 11.6 Å². The molecule has 4 nitrogen and oxygen atoms in total. The van der Waals surface area contributed by atoms with Crippen LogP contribution in [0.5, 0.6) is 0 Å². The summed E-state index contributed by atoms with van der Waals surface area (Å²) in [4.78, 5) is 11.8. The monoisotopic (exact) mass is 345 g/mol. The Bertz CT molecular complexity index is 853. The Morgan fingerprint density at radius 1 is 1.14 bits per heavy atom. The fourth-order valence-corrected chi connectivity index (χ4v) is 3.02. The van der Waals surface area contributed by atoms with Gasteiger partial charge in [0.2, 0.25) is 0 Å². The highest BCUT2D eigenvalue weighted by Crippen LogP contribution is 2.23. The molecule has 22 heavy (non-hydrogen) atoms. The molecule has 0 aliphatic carbocycles. The van der Waals surface area contributed by atoms with Gasteiger partial charge in [-0.1, -0.05) is 11.6 Å². The van der Waals surface area contributed by atoms with Gasteiger partial charge in [0.25, 0.3) is 5.91 Å². The second-order valence-electron chi connectivity index (χ2n) is 4.50. The standard InChI is InChI=1S/C14H10ClF2NO3S/c1-22(20,21)13-6-8(2-4-10(13)15)14(19)18-12-5-3-9(16)7-11(12)17/h2-7H,1H3,(H,18,19). The SMILES string of the molecule is CS(=O)(=O)c1cc(C(=O)Nc2ccc(F)cc2F)ccc1Cl. The smallest absolute Gasteiger partial charge is 0.255 e. The maximum Gasteiger partial charge on any atom is 0.255 e. The molecule has 0 heterocycles. The number of anilines is 1. The molecule has 2 rings (SSSR count). The molecular weight excluding hydrogens is 336 g/mol. The number of hydrogen-bond acceptors (Lipinski definition) is 3. The zero-order valence-corrected chi connectivity index (χ0v) is 12.8. The van der Waals surface area contributed by atoms with E-state index in [4.69, 9.17) is 11.6 Å². The summed E-state index contributed by atoms with van der Waals surface area (Å²) in [6.45, 7) is 0. The van der Waals surface area contributed by atoms with Crippen LogP contribution in [0.15, 0.2) is 41.3 Å². The number of nitrogens with one attached hydrogen (secondary N) is 1. The van der Waals surface area contributed by atoms with Crippen LogP contribution in [0.4, 0.5) is 14.5 Å². The molecule has 116 valence electrons. The summed E-state index contributed by atoms with van der Waals surface area (Å²) in [7, 11) is -3.61. The maximum absolute atomic E-state index is 13.5. The quantitative estimate of drug-likeness (QED) is 0.928. The molecule has 0 aromatic heterocycles. The van der Waals surface area contributed by atoms with E-state index < -0.39 is 27.4 Å². The Kier molecular flexibility index (Phi) is 4.48. The minimum absolute atomic E-state index is 0.0199. The summed E-state index contributed by atoms with van der Waals surface area (Å²) in [6, 6.07) is 6.33. The Balaban J connectivity index is 2.34. The van der Waals surface area contributed by atoms with E-state index in [0.29, 0.717) is 6.07 Å². The van der Waals surface area contributed by atoms with E-state index in [-0.39, 0.29) is 21.2 Å². The van der Waals surface area contributed by atoms with E-state index in [1.54, 1.807) is 0 Å². The van der Waals surface area contributed by atoms with Crippen LogP contribution >= 0.6 is 11.6 Å². The predicted octanol–water partition coefficient (Wildman–Crippen LogP) is 3.27. The molecule has 0 saturated carbocycles. The van der Waals surface area contributed by atoms with Gasteiger partial charge in [-0.15, -0.1) is 0 Å². The summed E-state index contributed by atoms with van der Waals surface area (Å²) in [6.07, 6.45) is 0.954. The number of carbonyl (C=O) groups excluding carboxylic acids is 1. The van der Waals surface area contributed by atoms with Gasteiger partial charge in [-0.3, -0.25) is 4.79 Å². The number of halogens is 3. The first-order chi connectivity index (χ1) is 10.2. The normalized spacial score (nSPS) is 11.3. The first-order valence-corrected chi connectivity index (χ1v) is 8.21. The summed E-state index contributed by atoms with van der Waals surface area (Å²) in [5, 5.41) is 2.21.